The number of hydrogen-bond donors (Lipinski definition) is 2. The molecule has 0 spiro atoms. The van der Waals surface area contributed by atoms with E-state index in [1.807, 2.05) is 0 Å². The molecule has 33 heavy (non-hydrogen) atoms. The lowest BCUT2D eigenvalue weighted by Gasteiger charge is -2.42. The highest BCUT2D eigenvalue weighted by Gasteiger charge is 2.39. The predicted molar refractivity (Wildman–Crippen MR) is 119 cm³/mol. The van der Waals surface area contributed by atoms with Crippen LogP contribution in [0, 0.1) is 5.82 Å². The molecule has 1 saturated heterocycles. The van der Waals surface area contributed by atoms with Gasteiger partial charge >= 0.3 is 0 Å². The van der Waals surface area contributed by atoms with Gasteiger partial charge in [-0.3, -0.25) is 14.4 Å². The van der Waals surface area contributed by atoms with Gasteiger partial charge in [0.15, 0.2) is 0 Å². The van der Waals surface area contributed by atoms with E-state index < -0.39 is 11.7 Å². The number of rotatable bonds is 4. The third-order valence-corrected chi connectivity index (χ3v) is 6.08. The van der Waals surface area contributed by atoms with Crippen LogP contribution < -0.4 is 15.4 Å². The lowest BCUT2D eigenvalue weighted by Crippen LogP contribution is -2.53. The quantitative estimate of drug-likeness (QED) is 0.739. The number of nitrogens with zero attached hydrogens (tertiary/aromatic N) is 1. The molecule has 0 aromatic heterocycles. The molecule has 0 aliphatic carbocycles. The first-order chi connectivity index (χ1) is 15.9. The number of carbonyl (C=O) groups excluding carboxylic acids is 3. The molecule has 3 atom stereocenters. The maximum Gasteiger partial charge on any atom is 0.258 e. The summed E-state index contributed by atoms with van der Waals surface area (Å²) in [4.78, 5) is 39.1. The number of halogens is 1. The van der Waals surface area contributed by atoms with Crippen molar-refractivity contribution in [2.24, 2.45) is 0 Å². The zero-order valence-electron chi connectivity index (χ0n) is 18.5. The van der Waals surface area contributed by atoms with Crippen LogP contribution in [0.3, 0.4) is 0 Å². The number of amides is 3. The van der Waals surface area contributed by atoms with E-state index in [0.717, 1.165) is 0 Å². The van der Waals surface area contributed by atoms with Crippen LogP contribution in [-0.2, 0) is 9.53 Å². The summed E-state index contributed by atoms with van der Waals surface area (Å²) < 4.78 is 25.9. The number of fused-ring (bicyclic) bond motifs is 2. The Bertz CT molecular complexity index is 1080. The highest BCUT2D eigenvalue weighted by Crippen LogP contribution is 2.32. The van der Waals surface area contributed by atoms with E-state index >= 15 is 0 Å². The number of carbonyl (C=O) groups is 3. The van der Waals surface area contributed by atoms with E-state index in [0.29, 0.717) is 29.8 Å². The van der Waals surface area contributed by atoms with Gasteiger partial charge in [-0.05, 0) is 43.2 Å². The van der Waals surface area contributed by atoms with Crippen LogP contribution in [0.2, 0.25) is 0 Å². The Kier molecular flexibility index (Phi) is 6.60. The van der Waals surface area contributed by atoms with Crippen LogP contribution in [0.1, 0.15) is 40.0 Å². The topological polar surface area (TPSA) is 97.0 Å². The van der Waals surface area contributed by atoms with Crippen LogP contribution in [0.4, 0.5) is 10.1 Å². The third kappa shape index (κ3) is 4.83. The second-order valence-corrected chi connectivity index (χ2v) is 8.19. The Morgan fingerprint density at radius 1 is 1.18 bits per heavy atom. The molecule has 174 valence electrons. The minimum absolute atomic E-state index is 0.0857. The van der Waals surface area contributed by atoms with Gasteiger partial charge in [-0.15, -0.1) is 0 Å². The lowest BCUT2D eigenvalue weighted by molar-refractivity contribution is -0.133. The van der Waals surface area contributed by atoms with Crippen molar-refractivity contribution in [2.75, 3.05) is 26.0 Å². The highest BCUT2D eigenvalue weighted by molar-refractivity contribution is 6.05. The average Bonchev–Trinajstić information content (AvgIpc) is 2.82. The molecular formula is C24H26FN3O5. The standard InChI is InChI=1S/C24H26FN3O5/c1-26-22(29)12-15-8-9-19-21(33-15)13-32-20-10-7-14(11-17(20)24(31)28(19)2)27-23(30)16-5-3-4-6-18(16)25/h3-7,10-11,15,19,21H,8-9,12-13H2,1-2H3,(H,26,29)(H,27,30)/t15-,19-,21-/m1/s1. The predicted octanol–water partition coefficient (Wildman–Crippen LogP) is 2.59. The highest BCUT2D eigenvalue weighted by atomic mass is 19.1. The van der Waals surface area contributed by atoms with Crippen molar-refractivity contribution in [3.63, 3.8) is 0 Å². The molecule has 2 N–H and O–H groups in total. The molecule has 0 saturated carbocycles. The van der Waals surface area contributed by atoms with E-state index in [4.69, 9.17) is 9.47 Å². The average molecular weight is 455 g/mol. The SMILES string of the molecule is CNC(=O)C[C@H]1CC[C@@H]2[C@@H](COc3ccc(NC(=O)c4ccccc4F)cc3C(=O)N2C)O1. The fourth-order valence-corrected chi connectivity index (χ4v) is 4.26. The minimum atomic E-state index is -0.626. The molecule has 0 bridgehead atoms. The summed E-state index contributed by atoms with van der Waals surface area (Å²) in [6.45, 7) is 0.223. The fraction of sp³-hybridized carbons (Fsp3) is 0.375. The zero-order valence-corrected chi connectivity index (χ0v) is 18.5. The fourth-order valence-electron chi connectivity index (χ4n) is 4.26. The zero-order chi connectivity index (χ0) is 23.5. The Morgan fingerprint density at radius 3 is 2.73 bits per heavy atom. The van der Waals surface area contributed by atoms with Gasteiger partial charge in [-0.2, -0.15) is 0 Å². The van der Waals surface area contributed by atoms with Gasteiger partial charge in [0.2, 0.25) is 5.91 Å². The number of anilines is 1. The first-order valence-electron chi connectivity index (χ1n) is 10.8. The van der Waals surface area contributed by atoms with Crippen LogP contribution in [0.25, 0.3) is 0 Å². The van der Waals surface area contributed by atoms with Crippen molar-refractivity contribution in [1.29, 1.82) is 0 Å². The van der Waals surface area contributed by atoms with E-state index in [1.54, 1.807) is 37.2 Å². The Morgan fingerprint density at radius 2 is 1.97 bits per heavy atom. The van der Waals surface area contributed by atoms with Crippen molar-refractivity contribution in [3.8, 4) is 5.75 Å². The monoisotopic (exact) mass is 455 g/mol. The smallest absolute Gasteiger partial charge is 0.258 e. The summed E-state index contributed by atoms with van der Waals surface area (Å²) in [6.07, 6.45) is 0.998. The summed E-state index contributed by atoms with van der Waals surface area (Å²) in [5.41, 5.74) is 0.572. The minimum Gasteiger partial charge on any atom is -0.490 e. The molecule has 1 fully saturated rings. The summed E-state index contributed by atoms with van der Waals surface area (Å²) in [7, 11) is 3.30. The van der Waals surface area contributed by atoms with Gasteiger partial charge in [0, 0.05) is 19.8 Å². The second-order valence-electron chi connectivity index (χ2n) is 8.19. The number of nitrogens with one attached hydrogen (secondary N) is 2. The third-order valence-electron chi connectivity index (χ3n) is 6.08. The van der Waals surface area contributed by atoms with Crippen molar-refractivity contribution >= 4 is 23.4 Å². The molecule has 0 unspecified atom stereocenters. The maximum absolute atomic E-state index is 13.9. The Balaban J connectivity index is 1.52. The van der Waals surface area contributed by atoms with Crippen molar-refractivity contribution in [1.82, 2.24) is 10.2 Å². The summed E-state index contributed by atoms with van der Waals surface area (Å²) in [5, 5.41) is 5.24. The van der Waals surface area contributed by atoms with E-state index in [2.05, 4.69) is 10.6 Å². The summed E-state index contributed by atoms with van der Waals surface area (Å²) in [6, 6.07) is 10.2. The number of likely N-dealkylation sites (N-methyl/N-ethyl adjacent to an activating group) is 1. The van der Waals surface area contributed by atoms with Crippen LogP contribution in [0.15, 0.2) is 42.5 Å². The number of hydrogen-bond acceptors (Lipinski definition) is 5. The number of benzene rings is 2. The normalized spacial score (nSPS) is 22.2. The molecule has 4 rings (SSSR count). The lowest BCUT2D eigenvalue weighted by atomic mass is 9.94. The summed E-state index contributed by atoms with van der Waals surface area (Å²) >= 11 is 0. The van der Waals surface area contributed by atoms with Gasteiger partial charge < -0.3 is 25.0 Å². The molecule has 3 amide bonds. The molecule has 2 aromatic carbocycles. The molecule has 2 aromatic rings. The Hall–Kier alpha value is -3.46. The second kappa shape index (κ2) is 9.58. The van der Waals surface area contributed by atoms with Crippen LogP contribution in [0.5, 0.6) is 5.75 Å². The molecule has 9 heteroatoms. The van der Waals surface area contributed by atoms with Crippen molar-refractivity contribution in [2.45, 2.75) is 37.5 Å². The van der Waals surface area contributed by atoms with Gasteiger partial charge in [-0.1, -0.05) is 12.1 Å². The van der Waals surface area contributed by atoms with E-state index in [1.165, 1.54) is 24.3 Å². The van der Waals surface area contributed by atoms with E-state index in [-0.39, 0.29) is 48.7 Å². The van der Waals surface area contributed by atoms with Crippen molar-refractivity contribution in [3.05, 3.63) is 59.4 Å². The van der Waals surface area contributed by atoms with Gasteiger partial charge in [0.05, 0.1) is 29.7 Å². The molecule has 2 heterocycles. The van der Waals surface area contributed by atoms with Gasteiger partial charge in [0.1, 0.15) is 24.3 Å². The number of ether oxygens (including phenoxy) is 2. The molecule has 8 nitrogen and oxygen atoms in total. The largest absolute Gasteiger partial charge is 0.490 e. The van der Waals surface area contributed by atoms with Crippen LogP contribution in [-0.4, -0.2) is 61.6 Å². The first-order valence-corrected chi connectivity index (χ1v) is 10.8. The molecule has 0 radical (unpaired) electrons. The Labute approximate surface area is 191 Å². The molecule has 2 aliphatic heterocycles. The van der Waals surface area contributed by atoms with Gasteiger partial charge in [-0.25, -0.2) is 4.39 Å². The molecular weight excluding hydrogens is 429 g/mol. The maximum atomic E-state index is 13.9. The van der Waals surface area contributed by atoms with E-state index in [9.17, 15) is 18.8 Å². The first kappa shape index (κ1) is 22.7. The molecule has 2 aliphatic rings. The summed E-state index contributed by atoms with van der Waals surface area (Å²) in [5.74, 6) is -1.23. The van der Waals surface area contributed by atoms with Crippen LogP contribution >= 0.6 is 0 Å². The van der Waals surface area contributed by atoms with Crippen molar-refractivity contribution < 1.29 is 28.2 Å². The van der Waals surface area contributed by atoms with Gasteiger partial charge in [0.25, 0.3) is 11.8 Å².